The van der Waals surface area contributed by atoms with Crippen LogP contribution < -0.4 is 5.32 Å². The quantitative estimate of drug-likeness (QED) is 0.587. The minimum atomic E-state index is -0.796. The zero-order chi connectivity index (χ0) is 22.3. The summed E-state index contributed by atoms with van der Waals surface area (Å²) < 4.78 is 3.85. The van der Waals surface area contributed by atoms with Crippen LogP contribution in [0.25, 0.3) is 0 Å². The molecule has 1 aliphatic rings. The minimum absolute atomic E-state index is 0.137. The van der Waals surface area contributed by atoms with Crippen LogP contribution in [0.15, 0.2) is 54.2 Å². The van der Waals surface area contributed by atoms with Crippen LogP contribution >= 0.6 is 11.5 Å². The zero-order valence-corrected chi connectivity index (χ0v) is 18.9. The number of amides is 2. The minimum Gasteiger partial charge on any atom is -0.351 e. The molecule has 7 nitrogen and oxygen atoms in total. The van der Waals surface area contributed by atoms with Gasteiger partial charge < -0.3 is 10.2 Å². The molecule has 32 heavy (non-hydrogen) atoms. The van der Waals surface area contributed by atoms with Crippen LogP contribution in [-0.4, -0.2) is 37.3 Å². The van der Waals surface area contributed by atoms with Crippen molar-refractivity contribution in [1.82, 2.24) is 24.8 Å². The van der Waals surface area contributed by atoms with E-state index in [0.717, 1.165) is 53.9 Å². The summed E-state index contributed by atoms with van der Waals surface area (Å²) in [5.74, 6) is -0.494. The third kappa shape index (κ3) is 5.37. The van der Waals surface area contributed by atoms with Gasteiger partial charge in [-0.3, -0.25) is 14.6 Å². The first-order valence-corrected chi connectivity index (χ1v) is 11.8. The maximum atomic E-state index is 13.6. The van der Waals surface area contributed by atoms with E-state index in [1.165, 1.54) is 6.42 Å². The molecule has 3 aromatic rings. The van der Waals surface area contributed by atoms with Gasteiger partial charge in [-0.25, -0.2) is 0 Å². The van der Waals surface area contributed by atoms with Crippen molar-refractivity contribution in [2.75, 3.05) is 0 Å². The van der Waals surface area contributed by atoms with Crippen LogP contribution in [0.4, 0.5) is 0 Å². The van der Waals surface area contributed by atoms with E-state index >= 15 is 0 Å². The number of aryl methyl sites for hydroxylation is 1. The van der Waals surface area contributed by atoms with Gasteiger partial charge in [0.1, 0.15) is 6.04 Å². The van der Waals surface area contributed by atoms with E-state index < -0.39 is 6.04 Å². The average Bonchev–Trinajstić information content (AvgIpc) is 3.36. The molecule has 2 heterocycles. The van der Waals surface area contributed by atoms with Crippen molar-refractivity contribution in [3.05, 3.63) is 76.6 Å². The van der Waals surface area contributed by atoms with Crippen molar-refractivity contribution in [1.29, 1.82) is 0 Å². The number of hydrogen-bond donors (Lipinski definition) is 1. The first-order valence-electron chi connectivity index (χ1n) is 11.0. The van der Waals surface area contributed by atoms with Gasteiger partial charge in [-0.2, -0.15) is 0 Å². The maximum absolute atomic E-state index is 13.6. The Hall–Kier alpha value is -3.13. The molecular weight excluding hydrogens is 422 g/mol. The molecule has 1 fully saturated rings. The van der Waals surface area contributed by atoms with Gasteiger partial charge in [0, 0.05) is 30.4 Å². The predicted molar refractivity (Wildman–Crippen MR) is 123 cm³/mol. The Kier molecular flexibility index (Phi) is 7.21. The number of aromatic nitrogens is 3. The Bertz CT molecular complexity index is 1020. The normalized spacial score (nSPS) is 15.2. The van der Waals surface area contributed by atoms with Crippen molar-refractivity contribution in [2.24, 2.45) is 0 Å². The lowest BCUT2D eigenvalue weighted by Gasteiger charge is -2.33. The molecule has 1 N–H and O–H groups in total. The molecule has 0 spiro atoms. The lowest BCUT2D eigenvalue weighted by atomic mass is 9.94. The number of rotatable bonds is 7. The van der Waals surface area contributed by atoms with Gasteiger partial charge >= 0.3 is 0 Å². The van der Waals surface area contributed by atoms with E-state index in [4.69, 9.17) is 0 Å². The predicted octanol–water partition coefficient (Wildman–Crippen LogP) is 4.07. The Morgan fingerprint density at radius 1 is 1.09 bits per heavy atom. The summed E-state index contributed by atoms with van der Waals surface area (Å²) in [6.45, 7) is 2.30. The van der Waals surface area contributed by atoms with Gasteiger partial charge in [0.2, 0.25) is 5.91 Å². The van der Waals surface area contributed by atoms with Gasteiger partial charge in [0.25, 0.3) is 5.91 Å². The molecule has 166 valence electrons. The molecule has 1 saturated carbocycles. The lowest BCUT2D eigenvalue weighted by molar-refractivity contribution is -0.127. The SMILES string of the molecule is Cc1ccc(CN(C(=O)c2csnn2)C(C(=O)NC2CCCCC2)c2ccncc2)cc1. The molecule has 0 bridgehead atoms. The van der Waals surface area contributed by atoms with Crippen molar-refractivity contribution < 1.29 is 9.59 Å². The number of carbonyl (C=O) groups excluding carboxylic acids is 2. The molecule has 2 aromatic heterocycles. The summed E-state index contributed by atoms with van der Waals surface area (Å²) in [7, 11) is 0. The van der Waals surface area contributed by atoms with Gasteiger partial charge in [0.05, 0.1) is 0 Å². The van der Waals surface area contributed by atoms with Crippen LogP contribution in [0.5, 0.6) is 0 Å². The van der Waals surface area contributed by atoms with E-state index in [9.17, 15) is 9.59 Å². The first-order chi connectivity index (χ1) is 15.6. The molecule has 1 aromatic carbocycles. The van der Waals surface area contributed by atoms with Crippen LogP contribution in [0, 0.1) is 6.92 Å². The van der Waals surface area contributed by atoms with Gasteiger partial charge in [-0.05, 0) is 54.6 Å². The van der Waals surface area contributed by atoms with Crippen molar-refractivity contribution in [3.8, 4) is 0 Å². The highest BCUT2D eigenvalue weighted by Crippen LogP contribution is 2.27. The summed E-state index contributed by atoms with van der Waals surface area (Å²) in [5.41, 5.74) is 3.04. The van der Waals surface area contributed by atoms with E-state index in [0.29, 0.717) is 0 Å². The molecule has 2 amide bonds. The molecule has 0 radical (unpaired) electrons. The van der Waals surface area contributed by atoms with Gasteiger partial charge in [0.15, 0.2) is 5.69 Å². The van der Waals surface area contributed by atoms with Crippen molar-refractivity contribution in [3.63, 3.8) is 0 Å². The molecule has 4 rings (SSSR count). The van der Waals surface area contributed by atoms with Crippen LogP contribution in [0.1, 0.15) is 65.3 Å². The topological polar surface area (TPSA) is 88.1 Å². The summed E-state index contributed by atoms with van der Waals surface area (Å²) in [6, 6.07) is 10.9. The summed E-state index contributed by atoms with van der Waals surface area (Å²) >= 11 is 1.12. The number of pyridine rings is 1. The second kappa shape index (κ2) is 10.5. The van der Waals surface area contributed by atoms with E-state index in [1.807, 2.05) is 31.2 Å². The Morgan fingerprint density at radius 3 is 2.47 bits per heavy atom. The first kappa shape index (κ1) is 22.1. The molecular formula is C24H27N5O2S. The van der Waals surface area contributed by atoms with E-state index in [-0.39, 0.29) is 30.1 Å². The number of nitrogens with zero attached hydrogens (tertiary/aromatic N) is 4. The van der Waals surface area contributed by atoms with Gasteiger partial charge in [-0.1, -0.05) is 53.6 Å². The maximum Gasteiger partial charge on any atom is 0.276 e. The second-order valence-corrected chi connectivity index (χ2v) is 8.85. The number of carbonyl (C=O) groups is 2. The van der Waals surface area contributed by atoms with E-state index in [2.05, 4.69) is 19.9 Å². The van der Waals surface area contributed by atoms with Crippen LogP contribution in [0.2, 0.25) is 0 Å². The van der Waals surface area contributed by atoms with Crippen molar-refractivity contribution in [2.45, 2.75) is 57.7 Å². The van der Waals surface area contributed by atoms with Crippen molar-refractivity contribution >= 4 is 23.3 Å². The fourth-order valence-electron chi connectivity index (χ4n) is 4.12. The lowest BCUT2D eigenvalue weighted by Crippen LogP contribution is -2.47. The zero-order valence-electron chi connectivity index (χ0n) is 18.1. The number of hydrogen-bond acceptors (Lipinski definition) is 6. The molecule has 1 unspecified atom stereocenters. The highest BCUT2D eigenvalue weighted by Gasteiger charge is 2.34. The fraction of sp³-hybridized carbons (Fsp3) is 0.375. The second-order valence-electron chi connectivity index (χ2n) is 8.24. The highest BCUT2D eigenvalue weighted by molar-refractivity contribution is 7.03. The molecule has 1 atom stereocenters. The monoisotopic (exact) mass is 449 g/mol. The standard InChI is InChI=1S/C24H27N5O2S/c1-17-7-9-18(10-8-17)15-29(24(31)21-16-32-28-27-21)22(19-11-13-25-14-12-19)23(30)26-20-5-3-2-4-6-20/h7-14,16,20,22H,2-6,15H2,1H3,(H,26,30). The molecule has 8 heteroatoms. The molecule has 0 saturated heterocycles. The summed E-state index contributed by atoms with van der Waals surface area (Å²) in [5, 5.41) is 8.80. The highest BCUT2D eigenvalue weighted by atomic mass is 32.1. The van der Waals surface area contributed by atoms with Crippen LogP contribution in [-0.2, 0) is 11.3 Å². The molecule has 1 aliphatic carbocycles. The smallest absolute Gasteiger partial charge is 0.276 e. The average molecular weight is 450 g/mol. The summed E-state index contributed by atoms with van der Waals surface area (Å²) in [4.78, 5) is 32.8. The van der Waals surface area contributed by atoms with E-state index in [1.54, 1.807) is 34.8 Å². The largest absolute Gasteiger partial charge is 0.351 e. The summed E-state index contributed by atoms with van der Waals surface area (Å²) in [6.07, 6.45) is 8.66. The fourth-order valence-corrected chi connectivity index (χ4v) is 4.55. The Morgan fingerprint density at radius 2 is 1.81 bits per heavy atom. The Balaban J connectivity index is 1.70. The van der Waals surface area contributed by atoms with Gasteiger partial charge in [-0.15, -0.1) is 5.10 Å². The molecule has 0 aliphatic heterocycles. The Labute approximate surface area is 192 Å². The number of nitrogens with one attached hydrogen (secondary N) is 1. The third-order valence-electron chi connectivity index (χ3n) is 5.85. The number of benzene rings is 1. The third-order valence-corrected chi connectivity index (χ3v) is 6.35. The van der Waals surface area contributed by atoms with Crippen LogP contribution in [0.3, 0.4) is 0 Å².